The third-order valence-electron chi connectivity index (χ3n) is 7.57. The van der Waals surface area contributed by atoms with Crippen LogP contribution in [0.4, 0.5) is 4.79 Å². The lowest BCUT2D eigenvalue weighted by atomic mass is 9.67. The standard InChI is InChI=1S/C31H47N3O7/c1-30(2,3)41-29(36)34-16-18-39-20-19-38-17-15-33-28(35)23-11-13-31(22-32,14-12-23)24-9-10-26(37-4)27(21-24)40-25-7-5-6-8-25/h9-10,21,23,25H,5-8,11-20H2,1-4H3,(H,33,35)(H,34,36)/t23-,31-. The fourth-order valence-corrected chi connectivity index (χ4v) is 5.34. The van der Waals surface area contributed by atoms with Crippen LogP contribution in [0.15, 0.2) is 18.2 Å². The maximum absolute atomic E-state index is 12.8. The van der Waals surface area contributed by atoms with Crippen LogP contribution < -0.4 is 20.1 Å². The maximum Gasteiger partial charge on any atom is 0.407 e. The van der Waals surface area contributed by atoms with Gasteiger partial charge in [-0.05, 0) is 89.8 Å². The average Bonchev–Trinajstić information content (AvgIpc) is 3.46. The second-order valence-electron chi connectivity index (χ2n) is 11.8. The van der Waals surface area contributed by atoms with E-state index in [2.05, 4.69) is 16.7 Å². The van der Waals surface area contributed by atoms with Crippen LogP contribution in [0.2, 0.25) is 0 Å². The maximum atomic E-state index is 12.8. The van der Waals surface area contributed by atoms with Crippen LogP contribution in [0.25, 0.3) is 0 Å². The first-order chi connectivity index (χ1) is 19.7. The van der Waals surface area contributed by atoms with Crippen molar-refractivity contribution in [2.45, 2.75) is 89.3 Å². The van der Waals surface area contributed by atoms with E-state index in [-0.39, 0.29) is 17.9 Å². The predicted molar refractivity (Wildman–Crippen MR) is 154 cm³/mol. The van der Waals surface area contributed by atoms with Crippen molar-refractivity contribution < 1.29 is 33.3 Å². The second-order valence-corrected chi connectivity index (χ2v) is 11.8. The molecule has 0 bridgehead atoms. The number of carbonyl (C=O) groups is 2. The SMILES string of the molecule is COc1ccc([C@]2(C#N)CC[C@@H](C(=O)NCCOCCOCCNC(=O)OC(C)(C)C)CC2)cc1OC1CCCC1. The number of ether oxygens (including phenoxy) is 5. The number of alkyl carbamates (subject to hydrolysis) is 1. The van der Waals surface area contributed by atoms with Crippen molar-refractivity contribution in [1.82, 2.24) is 10.6 Å². The Bertz CT molecular complexity index is 1020. The summed E-state index contributed by atoms with van der Waals surface area (Å²) in [6.45, 7) is 7.72. The first-order valence-electron chi connectivity index (χ1n) is 14.8. The summed E-state index contributed by atoms with van der Waals surface area (Å²) in [6.07, 6.45) is 6.70. The van der Waals surface area contributed by atoms with Gasteiger partial charge in [-0.3, -0.25) is 4.79 Å². The summed E-state index contributed by atoms with van der Waals surface area (Å²) in [7, 11) is 1.63. The monoisotopic (exact) mass is 573 g/mol. The molecule has 1 aromatic rings. The number of amides is 2. The Hall–Kier alpha value is -3.03. The van der Waals surface area contributed by atoms with E-state index in [1.165, 1.54) is 12.8 Å². The summed E-state index contributed by atoms with van der Waals surface area (Å²) in [4.78, 5) is 24.3. The zero-order valence-corrected chi connectivity index (χ0v) is 25.1. The van der Waals surface area contributed by atoms with E-state index in [9.17, 15) is 14.9 Å². The van der Waals surface area contributed by atoms with Crippen LogP contribution in [0.5, 0.6) is 11.5 Å². The number of benzene rings is 1. The van der Waals surface area contributed by atoms with Gasteiger partial charge in [0.05, 0.1) is 51.1 Å². The number of nitrogens with zero attached hydrogens (tertiary/aromatic N) is 1. The second kappa shape index (κ2) is 15.8. The number of nitriles is 1. The molecule has 10 nitrogen and oxygen atoms in total. The van der Waals surface area contributed by atoms with Crippen LogP contribution >= 0.6 is 0 Å². The Labute approximate surface area is 244 Å². The summed E-state index contributed by atoms with van der Waals surface area (Å²) >= 11 is 0. The smallest absolute Gasteiger partial charge is 0.407 e. The van der Waals surface area contributed by atoms with E-state index in [0.29, 0.717) is 76.7 Å². The third-order valence-corrected chi connectivity index (χ3v) is 7.57. The van der Waals surface area contributed by atoms with E-state index in [4.69, 9.17) is 23.7 Å². The molecule has 0 heterocycles. The van der Waals surface area contributed by atoms with E-state index in [1.807, 2.05) is 39.0 Å². The van der Waals surface area contributed by atoms with Crippen molar-refractivity contribution in [3.63, 3.8) is 0 Å². The minimum Gasteiger partial charge on any atom is -0.493 e. The molecule has 2 N–H and O–H groups in total. The van der Waals surface area contributed by atoms with Gasteiger partial charge in [-0.1, -0.05) is 6.07 Å². The van der Waals surface area contributed by atoms with E-state index in [1.54, 1.807) is 7.11 Å². The molecule has 10 heteroatoms. The first kappa shape index (κ1) is 32.5. The molecule has 2 amide bonds. The van der Waals surface area contributed by atoms with Crippen LogP contribution in [-0.4, -0.2) is 70.3 Å². The van der Waals surface area contributed by atoms with Crippen molar-refractivity contribution in [1.29, 1.82) is 5.26 Å². The normalized spacial score (nSPS) is 21.1. The molecule has 0 aromatic heterocycles. The summed E-state index contributed by atoms with van der Waals surface area (Å²) in [6, 6.07) is 8.39. The molecular weight excluding hydrogens is 526 g/mol. The van der Waals surface area contributed by atoms with Crippen molar-refractivity contribution in [2.24, 2.45) is 5.92 Å². The van der Waals surface area contributed by atoms with Crippen molar-refractivity contribution in [2.75, 3.05) is 46.6 Å². The Balaban J connectivity index is 1.33. The van der Waals surface area contributed by atoms with Gasteiger partial charge in [-0.15, -0.1) is 0 Å². The van der Waals surface area contributed by atoms with Gasteiger partial charge in [-0.2, -0.15) is 5.26 Å². The minimum absolute atomic E-state index is 0.00425. The Morgan fingerprint density at radius 1 is 0.951 bits per heavy atom. The number of carbonyl (C=O) groups excluding carboxylic acids is 2. The first-order valence-corrected chi connectivity index (χ1v) is 14.8. The molecule has 41 heavy (non-hydrogen) atoms. The van der Waals surface area contributed by atoms with Crippen molar-refractivity contribution in [3.8, 4) is 17.6 Å². The molecule has 0 radical (unpaired) electrons. The summed E-state index contributed by atoms with van der Waals surface area (Å²) in [5.41, 5.74) is -0.232. The number of methoxy groups -OCH3 is 1. The summed E-state index contributed by atoms with van der Waals surface area (Å²) in [5, 5.41) is 15.8. The van der Waals surface area contributed by atoms with Gasteiger partial charge in [0.15, 0.2) is 11.5 Å². The van der Waals surface area contributed by atoms with Crippen LogP contribution in [0.3, 0.4) is 0 Å². The molecule has 3 rings (SSSR count). The van der Waals surface area contributed by atoms with E-state index < -0.39 is 17.1 Å². The lowest BCUT2D eigenvalue weighted by Crippen LogP contribution is -2.39. The molecule has 0 aliphatic heterocycles. The highest BCUT2D eigenvalue weighted by molar-refractivity contribution is 5.78. The minimum atomic E-state index is -0.637. The topological polar surface area (TPSA) is 128 Å². The highest BCUT2D eigenvalue weighted by Gasteiger charge is 2.39. The molecule has 1 aromatic carbocycles. The largest absolute Gasteiger partial charge is 0.493 e. The predicted octanol–water partition coefficient (Wildman–Crippen LogP) is 4.64. The van der Waals surface area contributed by atoms with Gasteiger partial charge in [0.25, 0.3) is 0 Å². The lowest BCUT2D eigenvalue weighted by molar-refractivity contribution is -0.126. The van der Waals surface area contributed by atoms with Crippen LogP contribution in [0, 0.1) is 17.2 Å². The van der Waals surface area contributed by atoms with Crippen LogP contribution in [-0.2, 0) is 24.4 Å². The number of nitrogens with one attached hydrogen (secondary N) is 2. The highest BCUT2D eigenvalue weighted by atomic mass is 16.6. The molecule has 2 fully saturated rings. The van der Waals surface area contributed by atoms with E-state index >= 15 is 0 Å². The van der Waals surface area contributed by atoms with Crippen molar-refractivity contribution in [3.05, 3.63) is 23.8 Å². The van der Waals surface area contributed by atoms with Gasteiger partial charge in [0, 0.05) is 19.0 Å². The van der Waals surface area contributed by atoms with Gasteiger partial charge in [0.2, 0.25) is 5.91 Å². The molecule has 2 aliphatic rings. The van der Waals surface area contributed by atoms with Gasteiger partial charge in [0.1, 0.15) is 5.60 Å². The molecule has 228 valence electrons. The van der Waals surface area contributed by atoms with Crippen LogP contribution in [0.1, 0.15) is 77.7 Å². The lowest BCUT2D eigenvalue weighted by Gasteiger charge is -2.35. The fraction of sp³-hybridized carbons (Fsp3) is 0.710. The number of hydrogen-bond acceptors (Lipinski definition) is 8. The molecule has 2 saturated carbocycles. The number of hydrogen-bond donors (Lipinski definition) is 2. The highest BCUT2D eigenvalue weighted by Crippen LogP contribution is 2.44. The number of rotatable bonds is 14. The van der Waals surface area contributed by atoms with Crippen molar-refractivity contribution >= 4 is 12.0 Å². The fourth-order valence-electron chi connectivity index (χ4n) is 5.34. The van der Waals surface area contributed by atoms with Gasteiger partial charge >= 0.3 is 6.09 Å². The Morgan fingerprint density at radius 3 is 2.17 bits per heavy atom. The molecule has 0 spiro atoms. The molecule has 0 atom stereocenters. The molecule has 0 saturated heterocycles. The molecule has 2 aliphatic carbocycles. The Kier molecular flexibility index (Phi) is 12.5. The molecular formula is C31H47N3O7. The zero-order chi connectivity index (χ0) is 29.7. The van der Waals surface area contributed by atoms with Gasteiger partial charge < -0.3 is 34.3 Å². The average molecular weight is 574 g/mol. The summed E-state index contributed by atoms with van der Waals surface area (Å²) in [5.74, 6) is 1.27. The quantitative estimate of drug-likeness (QED) is 0.308. The summed E-state index contributed by atoms with van der Waals surface area (Å²) < 4.78 is 27.9. The zero-order valence-electron chi connectivity index (χ0n) is 25.1. The Morgan fingerprint density at radius 2 is 1.59 bits per heavy atom. The molecule has 0 unspecified atom stereocenters. The third kappa shape index (κ3) is 10.4. The van der Waals surface area contributed by atoms with E-state index in [0.717, 1.165) is 18.4 Å². The van der Waals surface area contributed by atoms with Gasteiger partial charge in [-0.25, -0.2) is 4.79 Å².